The molecule has 1 atom stereocenters. The van der Waals surface area contributed by atoms with Crippen molar-refractivity contribution in [1.29, 1.82) is 0 Å². The number of carboxylic acids is 1. The topological polar surface area (TPSA) is 118 Å². The Bertz CT molecular complexity index is 184. The highest BCUT2D eigenvalue weighted by molar-refractivity contribution is 5.81. The summed E-state index contributed by atoms with van der Waals surface area (Å²) in [5.41, 5.74) is 10.6. The maximum absolute atomic E-state index is 11.0. The third kappa shape index (κ3) is 6.06. The molecule has 6 nitrogen and oxygen atoms in total. The van der Waals surface area contributed by atoms with Gasteiger partial charge in [0.1, 0.15) is 0 Å². The van der Waals surface area contributed by atoms with Crippen LogP contribution in [0.2, 0.25) is 0 Å². The largest absolute Gasteiger partial charge is 0.481 e. The summed E-state index contributed by atoms with van der Waals surface area (Å²) < 4.78 is 0. The summed E-state index contributed by atoms with van der Waals surface area (Å²) in [4.78, 5) is 21.1. The molecule has 0 spiro atoms. The minimum atomic E-state index is -0.951. The monoisotopic (exact) mass is 189 g/mol. The van der Waals surface area contributed by atoms with E-state index >= 15 is 0 Å². The lowest BCUT2D eigenvalue weighted by molar-refractivity contribution is -0.136. The van der Waals surface area contributed by atoms with Gasteiger partial charge in [-0.05, 0) is 13.0 Å². The number of aliphatic carboxylic acids is 1. The molecule has 0 radical (unpaired) electrons. The lowest BCUT2D eigenvalue weighted by Gasteiger charge is -2.09. The van der Waals surface area contributed by atoms with Gasteiger partial charge in [0.25, 0.3) is 0 Å². The number of hydrogen-bond donors (Lipinski definition) is 4. The first kappa shape index (κ1) is 11.9. The van der Waals surface area contributed by atoms with Crippen molar-refractivity contribution >= 4 is 11.9 Å². The number of amides is 1. The fraction of sp³-hybridized carbons (Fsp3) is 0.714. The van der Waals surface area contributed by atoms with E-state index in [4.69, 9.17) is 16.6 Å². The van der Waals surface area contributed by atoms with Crippen LogP contribution in [0, 0.1) is 0 Å². The van der Waals surface area contributed by atoms with E-state index in [9.17, 15) is 9.59 Å². The van der Waals surface area contributed by atoms with Crippen LogP contribution in [0.5, 0.6) is 0 Å². The Balaban J connectivity index is 3.55. The van der Waals surface area contributed by atoms with Gasteiger partial charge < -0.3 is 21.9 Å². The maximum Gasteiger partial charge on any atom is 0.305 e. The van der Waals surface area contributed by atoms with E-state index in [1.165, 1.54) is 0 Å². The lowest BCUT2D eigenvalue weighted by Crippen LogP contribution is -2.42. The molecule has 0 aromatic carbocycles. The van der Waals surface area contributed by atoms with Gasteiger partial charge in [0.15, 0.2) is 0 Å². The Hall–Kier alpha value is -1.14. The minimum absolute atomic E-state index is 0.0961. The molecular weight excluding hydrogens is 174 g/mol. The molecule has 6 N–H and O–H groups in total. The first-order chi connectivity index (χ1) is 6.07. The van der Waals surface area contributed by atoms with Gasteiger partial charge >= 0.3 is 5.97 Å². The van der Waals surface area contributed by atoms with Gasteiger partial charge in [-0.15, -0.1) is 0 Å². The molecule has 0 aromatic rings. The van der Waals surface area contributed by atoms with Crippen molar-refractivity contribution in [2.75, 3.05) is 13.1 Å². The van der Waals surface area contributed by atoms with Gasteiger partial charge in [-0.2, -0.15) is 0 Å². The molecule has 76 valence electrons. The second-order valence-electron chi connectivity index (χ2n) is 2.62. The molecule has 0 heterocycles. The molecule has 6 heteroatoms. The summed E-state index contributed by atoms with van der Waals surface area (Å²) in [5, 5.41) is 10.7. The van der Waals surface area contributed by atoms with Crippen molar-refractivity contribution in [1.82, 2.24) is 5.32 Å². The second kappa shape index (κ2) is 6.38. The summed E-state index contributed by atoms with van der Waals surface area (Å²) in [6.45, 7) is 0.444. The van der Waals surface area contributed by atoms with Crippen LogP contribution in [0.3, 0.4) is 0 Å². The van der Waals surface area contributed by atoms with Gasteiger partial charge in [-0.3, -0.25) is 9.59 Å². The van der Waals surface area contributed by atoms with Gasteiger partial charge in [0, 0.05) is 6.54 Å². The average molecular weight is 189 g/mol. The van der Waals surface area contributed by atoms with E-state index in [2.05, 4.69) is 5.32 Å². The van der Waals surface area contributed by atoms with Gasteiger partial charge in [0.2, 0.25) is 5.91 Å². The minimum Gasteiger partial charge on any atom is -0.481 e. The Morgan fingerprint density at radius 2 is 2.08 bits per heavy atom. The summed E-state index contributed by atoms with van der Waals surface area (Å²) in [6, 6.07) is -0.640. The third-order valence-corrected chi connectivity index (χ3v) is 1.45. The highest BCUT2D eigenvalue weighted by atomic mass is 16.4. The SMILES string of the molecule is NCC[C@@H](N)C(=O)NCCC(=O)O. The number of hydrogen-bond acceptors (Lipinski definition) is 4. The fourth-order valence-corrected chi connectivity index (χ4v) is 0.734. The molecule has 0 rings (SSSR count). The first-order valence-electron chi connectivity index (χ1n) is 4.03. The van der Waals surface area contributed by atoms with E-state index in [-0.39, 0.29) is 18.9 Å². The third-order valence-electron chi connectivity index (χ3n) is 1.45. The number of carbonyl (C=O) groups is 2. The van der Waals surface area contributed by atoms with Gasteiger partial charge in [-0.25, -0.2) is 0 Å². The van der Waals surface area contributed by atoms with Crippen LogP contribution in [-0.4, -0.2) is 36.1 Å². The van der Waals surface area contributed by atoms with Crippen molar-refractivity contribution in [2.45, 2.75) is 18.9 Å². The van der Waals surface area contributed by atoms with Crippen LogP contribution in [-0.2, 0) is 9.59 Å². The predicted octanol–water partition coefficient (Wildman–Crippen LogP) is -1.75. The number of carbonyl (C=O) groups excluding carboxylic acids is 1. The van der Waals surface area contributed by atoms with Crippen molar-refractivity contribution < 1.29 is 14.7 Å². The molecule has 0 aromatic heterocycles. The van der Waals surface area contributed by atoms with Crippen molar-refractivity contribution in [3.63, 3.8) is 0 Å². The van der Waals surface area contributed by atoms with E-state index in [0.717, 1.165) is 0 Å². The summed E-state index contributed by atoms with van der Waals surface area (Å²) in [6.07, 6.45) is 0.306. The lowest BCUT2D eigenvalue weighted by atomic mass is 10.2. The zero-order valence-corrected chi connectivity index (χ0v) is 7.32. The van der Waals surface area contributed by atoms with Crippen LogP contribution in [0.4, 0.5) is 0 Å². The number of nitrogens with two attached hydrogens (primary N) is 2. The van der Waals surface area contributed by atoms with E-state index < -0.39 is 12.0 Å². The summed E-state index contributed by atoms with van der Waals surface area (Å²) in [5.74, 6) is -1.31. The van der Waals surface area contributed by atoms with Gasteiger partial charge in [0.05, 0.1) is 12.5 Å². The molecule has 0 aliphatic carbocycles. The van der Waals surface area contributed by atoms with Gasteiger partial charge in [-0.1, -0.05) is 0 Å². The molecule has 0 saturated heterocycles. The van der Waals surface area contributed by atoms with Crippen LogP contribution in [0.15, 0.2) is 0 Å². The van der Waals surface area contributed by atoms with Crippen LogP contribution < -0.4 is 16.8 Å². The highest BCUT2D eigenvalue weighted by Gasteiger charge is 2.11. The first-order valence-corrected chi connectivity index (χ1v) is 4.03. The number of rotatable bonds is 6. The van der Waals surface area contributed by atoms with Crippen LogP contribution >= 0.6 is 0 Å². The summed E-state index contributed by atoms with van der Waals surface area (Å²) >= 11 is 0. The molecular formula is C7H15N3O3. The Labute approximate surface area is 76.3 Å². The molecule has 0 aliphatic rings. The smallest absolute Gasteiger partial charge is 0.305 e. The van der Waals surface area contributed by atoms with Crippen molar-refractivity contribution in [3.8, 4) is 0 Å². The number of nitrogens with one attached hydrogen (secondary N) is 1. The summed E-state index contributed by atoms with van der Waals surface area (Å²) in [7, 11) is 0. The molecule has 0 saturated carbocycles. The Kier molecular flexibility index (Phi) is 5.82. The molecule has 0 aliphatic heterocycles. The normalized spacial score (nSPS) is 12.2. The van der Waals surface area contributed by atoms with Crippen LogP contribution in [0.1, 0.15) is 12.8 Å². The quantitative estimate of drug-likeness (QED) is 0.395. The van der Waals surface area contributed by atoms with Crippen molar-refractivity contribution in [2.24, 2.45) is 11.5 Å². The zero-order valence-electron chi connectivity index (χ0n) is 7.32. The highest BCUT2D eigenvalue weighted by Crippen LogP contribution is 1.85. The Morgan fingerprint density at radius 1 is 1.46 bits per heavy atom. The van der Waals surface area contributed by atoms with E-state index in [1.54, 1.807) is 0 Å². The van der Waals surface area contributed by atoms with Crippen LogP contribution in [0.25, 0.3) is 0 Å². The fourth-order valence-electron chi connectivity index (χ4n) is 0.734. The molecule has 0 fully saturated rings. The van der Waals surface area contributed by atoms with E-state index in [1.807, 2.05) is 0 Å². The predicted molar refractivity (Wildman–Crippen MR) is 46.9 cm³/mol. The second-order valence-corrected chi connectivity index (χ2v) is 2.62. The standard InChI is InChI=1S/C7H15N3O3/c8-3-1-5(9)7(13)10-4-2-6(11)12/h5H,1-4,8-9H2,(H,10,13)(H,11,12)/t5-/m1/s1. The maximum atomic E-state index is 11.0. The number of carboxylic acid groups (broad SMARTS) is 1. The Morgan fingerprint density at radius 3 is 2.54 bits per heavy atom. The van der Waals surface area contributed by atoms with Crippen molar-refractivity contribution in [3.05, 3.63) is 0 Å². The van der Waals surface area contributed by atoms with E-state index in [0.29, 0.717) is 13.0 Å². The zero-order chi connectivity index (χ0) is 10.3. The molecule has 0 bridgehead atoms. The molecule has 0 unspecified atom stereocenters. The average Bonchev–Trinajstić information content (AvgIpc) is 2.04. The molecule has 1 amide bonds. The molecule has 13 heavy (non-hydrogen) atoms.